The van der Waals surface area contributed by atoms with Crippen LogP contribution in [0.2, 0.25) is 0 Å². The number of nitrogens with zero attached hydrogens (tertiary/aromatic N) is 3. The highest BCUT2D eigenvalue weighted by atomic mass is 16.3. The van der Waals surface area contributed by atoms with Gasteiger partial charge in [0.2, 0.25) is 0 Å². The van der Waals surface area contributed by atoms with Crippen LogP contribution >= 0.6 is 0 Å². The zero-order valence-corrected chi connectivity index (χ0v) is 15.7. The van der Waals surface area contributed by atoms with E-state index in [0.29, 0.717) is 30.0 Å². The lowest BCUT2D eigenvalue weighted by Gasteiger charge is -2.39. The number of carbonyl (C=O) groups is 1. The van der Waals surface area contributed by atoms with Gasteiger partial charge in [0, 0.05) is 30.7 Å². The van der Waals surface area contributed by atoms with Crippen molar-refractivity contribution in [1.29, 1.82) is 0 Å². The maximum Gasteiger partial charge on any atom is 0.254 e. The fourth-order valence-electron chi connectivity index (χ4n) is 3.62. The molecule has 7 nitrogen and oxygen atoms in total. The topological polar surface area (TPSA) is 94.1 Å². The molecule has 0 saturated carbocycles. The lowest BCUT2D eigenvalue weighted by molar-refractivity contribution is 0.0654. The third kappa shape index (κ3) is 3.26. The minimum Gasteiger partial charge on any atom is -0.508 e. The van der Waals surface area contributed by atoms with Crippen molar-refractivity contribution in [2.45, 2.75) is 26.3 Å². The van der Waals surface area contributed by atoms with Crippen LogP contribution < -0.4 is 5.32 Å². The van der Waals surface area contributed by atoms with Gasteiger partial charge in [-0.05, 0) is 51.1 Å². The van der Waals surface area contributed by atoms with Gasteiger partial charge in [-0.25, -0.2) is 4.98 Å². The summed E-state index contributed by atoms with van der Waals surface area (Å²) in [7, 11) is 0. The van der Waals surface area contributed by atoms with Crippen molar-refractivity contribution in [1.82, 2.24) is 25.4 Å². The molecule has 0 spiro atoms. The van der Waals surface area contributed by atoms with Gasteiger partial charge in [-0.15, -0.1) is 0 Å². The number of amides is 1. The molecule has 1 saturated heterocycles. The normalized spacial score (nSPS) is 16.6. The van der Waals surface area contributed by atoms with Gasteiger partial charge < -0.3 is 15.3 Å². The standard InChI is InChI=1S/C20H23N5O2/c1-12-17-15(19(27)25-9-8-21-20(2,3)11-25)10-16(22-18(17)24-23-12)13-4-6-14(26)7-5-13/h4-7,10,21,26H,8-9,11H2,1-3H3,(H,22,23,24). The Hall–Kier alpha value is -2.93. The molecule has 3 N–H and O–H groups in total. The first-order valence-electron chi connectivity index (χ1n) is 9.03. The second kappa shape index (κ2) is 6.35. The van der Waals surface area contributed by atoms with Crippen molar-refractivity contribution in [3.8, 4) is 17.0 Å². The molecule has 0 aliphatic carbocycles. The average molecular weight is 365 g/mol. The van der Waals surface area contributed by atoms with E-state index in [2.05, 4.69) is 34.3 Å². The highest BCUT2D eigenvalue weighted by molar-refractivity contribution is 6.07. The van der Waals surface area contributed by atoms with E-state index in [1.54, 1.807) is 24.3 Å². The molecule has 27 heavy (non-hydrogen) atoms. The number of aryl methyl sites for hydroxylation is 1. The van der Waals surface area contributed by atoms with Crippen LogP contribution in [0.5, 0.6) is 5.75 Å². The molecule has 3 aromatic rings. The summed E-state index contributed by atoms with van der Waals surface area (Å²) in [5.41, 5.74) is 3.33. The first kappa shape index (κ1) is 17.5. The molecule has 7 heteroatoms. The monoisotopic (exact) mass is 365 g/mol. The molecule has 0 unspecified atom stereocenters. The van der Waals surface area contributed by atoms with Crippen molar-refractivity contribution in [2.24, 2.45) is 0 Å². The maximum atomic E-state index is 13.4. The summed E-state index contributed by atoms with van der Waals surface area (Å²) in [5, 5.41) is 20.9. The molecule has 0 atom stereocenters. The molecular formula is C20H23N5O2. The number of hydrogen-bond acceptors (Lipinski definition) is 5. The number of aromatic amines is 1. The second-order valence-corrected chi connectivity index (χ2v) is 7.67. The Morgan fingerprint density at radius 2 is 2.00 bits per heavy atom. The third-order valence-corrected chi connectivity index (χ3v) is 4.96. The number of fused-ring (bicyclic) bond motifs is 1. The van der Waals surface area contributed by atoms with Crippen LogP contribution in [-0.4, -0.2) is 56.3 Å². The highest BCUT2D eigenvalue weighted by Gasteiger charge is 2.30. The van der Waals surface area contributed by atoms with Gasteiger partial charge >= 0.3 is 0 Å². The lowest BCUT2D eigenvalue weighted by Crippen LogP contribution is -2.58. The number of carbonyl (C=O) groups excluding carboxylic acids is 1. The summed E-state index contributed by atoms with van der Waals surface area (Å²) in [6, 6.07) is 8.62. The Bertz CT molecular complexity index is 1010. The smallest absolute Gasteiger partial charge is 0.254 e. The molecule has 1 fully saturated rings. The number of benzene rings is 1. The van der Waals surface area contributed by atoms with Gasteiger partial charge in [-0.3, -0.25) is 9.89 Å². The molecule has 1 aliphatic heterocycles. The summed E-state index contributed by atoms with van der Waals surface area (Å²) >= 11 is 0. The summed E-state index contributed by atoms with van der Waals surface area (Å²) < 4.78 is 0. The molecule has 0 bridgehead atoms. The largest absolute Gasteiger partial charge is 0.508 e. The number of hydrogen-bond donors (Lipinski definition) is 3. The predicted octanol–water partition coefficient (Wildman–Crippen LogP) is 2.46. The van der Waals surface area contributed by atoms with Crippen LogP contribution in [0.3, 0.4) is 0 Å². The minimum absolute atomic E-state index is 0.0125. The highest BCUT2D eigenvalue weighted by Crippen LogP contribution is 2.28. The number of piperazine rings is 1. The summed E-state index contributed by atoms with van der Waals surface area (Å²) in [6.07, 6.45) is 0. The van der Waals surface area contributed by atoms with Crippen LogP contribution in [0, 0.1) is 6.92 Å². The molecular weight excluding hydrogens is 342 g/mol. The lowest BCUT2D eigenvalue weighted by atomic mass is 10.00. The summed E-state index contributed by atoms with van der Waals surface area (Å²) in [6.45, 7) is 8.14. The van der Waals surface area contributed by atoms with Crippen molar-refractivity contribution >= 4 is 16.9 Å². The van der Waals surface area contributed by atoms with Crippen LogP contribution in [0.25, 0.3) is 22.3 Å². The number of aromatic nitrogens is 3. The Morgan fingerprint density at radius 3 is 2.70 bits per heavy atom. The van der Waals surface area contributed by atoms with Gasteiger partial charge in [-0.2, -0.15) is 5.10 Å². The summed E-state index contributed by atoms with van der Waals surface area (Å²) in [5.74, 6) is 0.179. The third-order valence-electron chi connectivity index (χ3n) is 4.96. The van der Waals surface area contributed by atoms with Crippen molar-refractivity contribution in [3.05, 3.63) is 41.6 Å². The van der Waals surface area contributed by atoms with Crippen molar-refractivity contribution in [3.63, 3.8) is 0 Å². The molecule has 0 radical (unpaired) electrons. The molecule has 1 aromatic carbocycles. The molecule has 2 aromatic heterocycles. The van der Waals surface area contributed by atoms with E-state index in [0.717, 1.165) is 23.2 Å². The van der Waals surface area contributed by atoms with Gasteiger partial charge in [0.15, 0.2) is 5.65 Å². The van der Waals surface area contributed by atoms with Crippen LogP contribution in [0.15, 0.2) is 30.3 Å². The molecule has 4 rings (SSSR count). The molecule has 3 heterocycles. The number of aromatic hydroxyl groups is 1. The van der Waals surface area contributed by atoms with Crippen LogP contribution in [-0.2, 0) is 0 Å². The zero-order chi connectivity index (χ0) is 19.2. The SMILES string of the molecule is Cc1n[nH]c2nc(-c3ccc(O)cc3)cc(C(=O)N3CCNC(C)(C)C3)c12. The Kier molecular flexibility index (Phi) is 4.11. The van der Waals surface area contributed by atoms with E-state index in [-0.39, 0.29) is 17.2 Å². The number of phenolic OH excluding ortho intramolecular Hbond substituents is 1. The number of H-pyrrole nitrogens is 1. The van der Waals surface area contributed by atoms with E-state index in [4.69, 9.17) is 0 Å². The quantitative estimate of drug-likeness (QED) is 0.649. The van der Waals surface area contributed by atoms with Crippen molar-refractivity contribution < 1.29 is 9.90 Å². The van der Waals surface area contributed by atoms with Crippen LogP contribution in [0.4, 0.5) is 0 Å². The predicted molar refractivity (Wildman–Crippen MR) is 104 cm³/mol. The second-order valence-electron chi connectivity index (χ2n) is 7.67. The maximum absolute atomic E-state index is 13.4. The van der Waals surface area contributed by atoms with Gasteiger partial charge in [0.25, 0.3) is 5.91 Å². The first-order valence-corrected chi connectivity index (χ1v) is 9.03. The van der Waals surface area contributed by atoms with E-state index >= 15 is 0 Å². The van der Waals surface area contributed by atoms with Crippen molar-refractivity contribution in [2.75, 3.05) is 19.6 Å². The Morgan fingerprint density at radius 1 is 1.26 bits per heavy atom. The molecule has 1 amide bonds. The fraction of sp³-hybridized carbons (Fsp3) is 0.350. The van der Waals surface area contributed by atoms with Crippen LogP contribution in [0.1, 0.15) is 29.9 Å². The number of phenols is 1. The van der Waals surface area contributed by atoms with E-state index < -0.39 is 0 Å². The molecule has 140 valence electrons. The zero-order valence-electron chi connectivity index (χ0n) is 15.7. The van der Waals surface area contributed by atoms with E-state index in [1.807, 2.05) is 17.9 Å². The van der Waals surface area contributed by atoms with E-state index in [1.165, 1.54) is 0 Å². The van der Waals surface area contributed by atoms with E-state index in [9.17, 15) is 9.90 Å². The number of nitrogens with one attached hydrogen (secondary N) is 2. The first-order chi connectivity index (χ1) is 12.8. The van der Waals surface area contributed by atoms with Gasteiger partial charge in [-0.1, -0.05) is 0 Å². The van der Waals surface area contributed by atoms with Gasteiger partial charge in [0.1, 0.15) is 5.75 Å². The minimum atomic E-state index is -0.120. The number of pyridine rings is 1. The fourth-order valence-corrected chi connectivity index (χ4v) is 3.62. The molecule has 1 aliphatic rings. The van der Waals surface area contributed by atoms with Gasteiger partial charge in [0.05, 0.1) is 22.3 Å². The Labute approximate surface area is 157 Å². The number of rotatable bonds is 2. The summed E-state index contributed by atoms with van der Waals surface area (Å²) in [4.78, 5) is 19.9. The Balaban J connectivity index is 1.82. The average Bonchev–Trinajstić information content (AvgIpc) is 3.01.